The van der Waals surface area contributed by atoms with Gasteiger partial charge in [0.1, 0.15) is 11.7 Å². The fourth-order valence-electron chi connectivity index (χ4n) is 9.96. The summed E-state index contributed by atoms with van der Waals surface area (Å²) in [7, 11) is -0.0851. The van der Waals surface area contributed by atoms with Gasteiger partial charge < -0.3 is 28.1 Å². The summed E-state index contributed by atoms with van der Waals surface area (Å²) in [6, 6.07) is 13.8. The van der Waals surface area contributed by atoms with Crippen molar-refractivity contribution in [3.8, 4) is 0 Å². The van der Waals surface area contributed by atoms with Crippen LogP contribution in [0.5, 0.6) is 0 Å². The molecule has 0 aromatic heterocycles. The first-order chi connectivity index (χ1) is 20.3. The van der Waals surface area contributed by atoms with Gasteiger partial charge in [-0.2, -0.15) is 0 Å². The van der Waals surface area contributed by atoms with E-state index in [4.69, 9.17) is 28.1 Å². The summed E-state index contributed by atoms with van der Waals surface area (Å²) in [6.45, 7) is 20.6. The Morgan fingerprint density at radius 2 is 1.58 bits per heavy atom. The maximum absolute atomic E-state index is 7.47. The lowest BCUT2D eigenvalue weighted by Crippen LogP contribution is -2.69. The summed E-state index contributed by atoms with van der Waals surface area (Å²) in [5, 5.41) is 0. The van der Waals surface area contributed by atoms with E-state index in [1.165, 1.54) is 11.1 Å². The van der Waals surface area contributed by atoms with Crippen molar-refractivity contribution in [1.29, 1.82) is 0 Å². The van der Waals surface area contributed by atoms with Gasteiger partial charge >= 0.3 is 0 Å². The third-order valence-electron chi connectivity index (χ3n) is 12.6. The maximum atomic E-state index is 7.47. The van der Waals surface area contributed by atoms with Crippen LogP contribution in [0.1, 0.15) is 99.9 Å². The highest BCUT2D eigenvalue weighted by atomic mass is 28.4. The van der Waals surface area contributed by atoms with Crippen LogP contribution in [0.4, 0.5) is 0 Å². The monoisotopic (exact) mass is 612 g/mol. The molecule has 5 aliphatic rings. The van der Waals surface area contributed by atoms with Crippen molar-refractivity contribution in [1.82, 2.24) is 0 Å². The van der Waals surface area contributed by atoms with E-state index in [2.05, 4.69) is 92.6 Å². The van der Waals surface area contributed by atoms with E-state index < -0.39 is 31.4 Å². The summed E-state index contributed by atoms with van der Waals surface area (Å²) >= 11 is 0. The van der Waals surface area contributed by atoms with Gasteiger partial charge in [-0.15, -0.1) is 0 Å². The number of rotatable bonds is 7. The van der Waals surface area contributed by atoms with Crippen LogP contribution in [0.2, 0.25) is 18.1 Å². The number of hydrogen-bond acceptors (Lipinski definition) is 6. The zero-order valence-electron chi connectivity index (χ0n) is 28.3. The molecule has 2 aliphatic heterocycles. The van der Waals surface area contributed by atoms with Crippen LogP contribution in [0.25, 0.3) is 0 Å². The molecule has 3 aliphatic carbocycles. The van der Waals surface area contributed by atoms with E-state index in [-0.39, 0.29) is 41.9 Å². The quantitative estimate of drug-likeness (QED) is 0.228. The van der Waals surface area contributed by atoms with Crippen molar-refractivity contribution in [3.63, 3.8) is 0 Å². The Bertz CT molecular complexity index is 1200. The molecule has 7 heteroatoms. The van der Waals surface area contributed by atoms with Crippen molar-refractivity contribution in [2.24, 2.45) is 16.7 Å². The molecule has 0 unspecified atom stereocenters. The Morgan fingerprint density at radius 3 is 2.21 bits per heavy atom. The van der Waals surface area contributed by atoms with Crippen LogP contribution in [0, 0.1) is 16.7 Å². The minimum absolute atomic E-state index is 0.0332. The number of ether oxygens (including phenoxy) is 5. The molecule has 4 fully saturated rings. The SMILES string of the molecule is CC[Si](CC)(CC)O[C@H]1C[C@@]23O[C@@H](c4ccccc4)O[C@H]2[C@@H]2[C@H](OC)CCC[C@@]2(C)[C@H]2OC(C)(C)O[C@@H]2C(=C1C)C3(C)C. The minimum Gasteiger partial charge on any atom is -0.410 e. The first kappa shape index (κ1) is 31.9. The molecule has 6 rings (SSSR count). The molecule has 1 aromatic rings. The number of hydrogen-bond donors (Lipinski definition) is 0. The van der Waals surface area contributed by atoms with Crippen molar-refractivity contribution >= 4 is 8.32 Å². The summed E-state index contributed by atoms with van der Waals surface area (Å²) in [6.07, 6.45) is 2.88. The van der Waals surface area contributed by atoms with Gasteiger partial charge in [-0.1, -0.05) is 78.3 Å². The maximum Gasteiger partial charge on any atom is 0.192 e. The predicted molar refractivity (Wildman–Crippen MR) is 171 cm³/mol. The molecule has 2 heterocycles. The third kappa shape index (κ3) is 4.70. The molecule has 2 bridgehead atoms. The molecular weight excluding hydrogens is 556 g/mol. The van der Waals surface area contributed by atoms with Crippen molar-refractivity contribution in [2.75, 3.05) is 7.11 Å². The van der Waals surface area contributed by atoms with Crippen molar-refractivity contribution in [2.45, 2.75) is 154 Å². The van der Waals surface area contributed by atoms with E-state index in [1.54, 1.807) is 0 Å². The Morgan fingerprint density at radius 1 is 0.907 bits per heavy atom. The van der Waals surface area contributed by atoms with E-state index in [0.29, 0.717) is 0 Å². The zero-order chi connectivity index (χ0) is 31.0. The van der Waals surface area contributed by atoms with Gasteiger partial charge in [0.2, 0.25) is 0 Å². The first-order valence-corrected chi connectivity index (χ1v) is 19.5. The average Bonchev–Trinajstić information content (AvgIpc) is 3.52. The van der Waals surface area contributed by atoms with E-state index in [0.717, 1.165) is 49.4 Å². The van der Waals surface area contributed by atoms with Gasteiger partial charge in [0.25, 0.3) is 0 Å². The lowest BCUT2D eigenvalue weighted by molar-refractivity contribution is -0.205. The fourth-order valence-corrected chi connectivity index (χ4v) is 12.8. The van der Waals surface area contributed by atoms with Gasteiger partial charge in [-0.25, -0.2) is 0 Å². The summed E-state index contributed by atoms with van der Waals surface area (Å²) in [5.41, 5.74) is 2.40. The van der Waals surface area contributed by atoms with Crippen LogP contribution in [-0.4, -0.2) is 57.3 Å². The van der Waals surface area contributed by atoms with E-state index in [9.17, 15) is 0 Å². The number of fused-ring (bicyclic) bond motifs is 6. The molecule has 1 spiro atoms. The molecule has 9 atom stereocenters. The summed E-state index contributed by atoms with van der Waals surface area (Å²) in [4.78, 5) is 0. The van der Waals surface area contributed by atoms with E-state index >= 15 is 0 Å². The normalized spacial score (nSPS) is 41.7. The van der Waals surface area contributed by atoms with Crippen LogP contribution >= 0.6 is 0 Å². The standard InChI is InChI=1S/C36H56O6Si/c1-11-43(12-2,13-3)42-26-22-36-30(38-32(41-36)24-18-15-14-16-19-24)28-25(37-10)20-17-21-35(28,9)31-29(39-34(7,8)40-31)27(23(26)4)33(36,5)6/h14-16,18-19,25-26,28-32H,11-13,17,20-22H2,1-10H3/t25-,26+,28+,29-,30+,31+,32+,35-,36-/m1/s1. The van der Waals surface area contributed by atoms with Crippen LogP contribution in [0.15, 0.2) is 41.5 Å². The second kappa shape index (κ2) is 11.0. The Hall–Kier alpha value is -1.06. The molecule has 0 N–H and O–H groups in total. The number of benzene rings is 1. The Kier molecular flexibility index (Phi) is 8.18. The lowest BCUT2D eigenvalue weighted by atomic mass is 9.48. The van der Waals surface area contributed by atoms with Gasteiger partial charge in [0.05, 0.1) is 24.4 Å². The van der Waals surface area contributed by atoms with Gasteiger partial charge in [-0.05, 0) is 62.9 Å². The second-order valence-corrected chi connectivity index (χ2v) is 20.0. The highest BCUT2D eigenvalue weighted by Gasteiger charge is 2.73. The lowest BCUT2D eigenvalue weighted by Gasteiger charge is -2.62. The van der Waals surface area contributed by atoms with Crippen molar-refractivity contribution < 1.29 is 28.1 Å². The molecule has 2 saturated heterocycles. The second-order valence-electron chi connectivity index (χ2n) is 15.3. The van der Waals surface area contributed by atoms with Crippen LogP contribution in [-0.2, 0) is 28.1 Å². The average molecular weight is 613 g/mol. The minimum atomic E-state index is -1.96. The summed E-state index contributed by atoms with van der Waals surface area (Å²) in [5.74, 6) is -0.634. The number of methoxy groups -OCH3 is 1. The molecule has 2 saturated carbocycles. The smallest absolute Gasteiger partial charge is 0.192 e. The topological polar surface area (TPSA) is 55.4 Å². The molecule has 0 amide bonds. The van der Waals surface area contributed by atoms with Crippen LogP contribution < -0.4 is 0 Å². The summed E-state index contributed by atoms with van der Waals surface area (Å²) < 4.78 is 42.6. The van der Waals surface area contributed by atoms with Gasteiger partial charge in [0, 0.05) is 35.8 Å². The molecule has 43 heavy (non-hydrogen) atoms. The van der Waals surface area contributed by atoms with Gasteiger partial charge in [-0.3, -0.25) is 0 Å². The predicted octanol–water partition coefficient (Wildman–Crippen LogP) is 8.33. The third-order valence-corrected chi connectivity index (χ3v) is 17.2. The van der Waals surface area contributed by atoms with Gasteiger partial charge in [0.15, 0.2) is 20.4 Å². The van der Waals surface area contributed by atoms with Crippen LogP contribution in [0.3, 0.4) is 0 Å². The molecule has 240 valence electrons. The van der Waals surface area contributed by atoms with E-state index in [1.807, 2.05) is 7.11 Å². The largest absolute Gasteiger partial charge is 0.410 e. The molecular formula is C36H56O6Si. The first-order valence-electron chi connectivity index (χ1n) is 17.0. The Balaban J connectivity index is 1.61. The molecule has 6 nitrogen and oxygen atoms in total. The fraction of sp³-hybridized carbons (Fsp3) is 0.778. The molecule has 0 radical (unpaired) electrons. The highest BCUT2D eigenvalue weighted by molar-refractivity contribution is 6.73. The van der Waals surface area contributed by atoms with Crippen molar-refractivity contribution in [3.05, 3.63) is 47.0 Å². The highest BCUT2D eigenvalue weighted by Crippen LogP contribution is 2.67. The Labute approximate surface area is 261 Å². The zero-order valence-corrected chi connectivity index (χ0v) is 29.3. The molecule has 1 aromatic carbocycles.